The Hall–Kier alpha value is -1.09. The summed E-state index contributed by atoms with van der Waals surface area (Å²) in [5, 5.41) is 6.06. The van der Waals surface area contributed by atoms with E-state index in [0.29, 0.717) is 0 Å². The first kappa shape index (κ1) is 6.61. The van der Waals surface area contributed by atoms with Gasteiger partial charge in [0.05, 0.1) is 10.6 Å². The topological polar surface area (TPSA) is 26.5 Å². The molecule has 1 aromatic rings. The van der Waals surface area contributed by atoms with E-state index in [1.165, 1.54) is 4.88 Å². The normalized spacial score (nSPS) is 15.7. The number of rotatable bonds is 1. The molecule has 2 nitrogen and oxygen atoms in total. The average molecular weight is 163 g/mol. The van der Waals surface area contributed by atoms with Crippen LogP contribution in [0.5, 0.6) is 0 Å². The lowest BCUT2D eigenvalue weighted by molar-refractivity contribution is 0.895. The van der Waals surface area contributed by atoms with Crippen molar-refractivity contribution in [2.75, 3.05) is 0 Å². The molecule has 1 aliphatic rings. The van der Waals surface area contributed by atoms with Gasteiger partial charge in [-0.05, 0) is 24.4 Å². The lowest BCUT2D eigenvalue weighted by Crippen LogP contribution is -1.88. The summed E-state index contributed by atoms with van der Waals surface area (Å²) in [6.45, 7) is 1.95. The summed E-state index contributed by atoms with van der Waals surface area (Å²) in [5.74, 6) is 0. The standard InChI is InChI=1S/C8H7N2S/c1-6-5-7(10-9-6)8-3-2-4-11-8/h2-5H,1H3. The fraction of sp³-hybridized carbons (Fsp3) is 0.125. The summed E-state index contributed by atoms with van der Waals surface area (Å²) in [7, 11) is 0. The molecule has 0 bridgehead atoms. The maximum atomic E-state index is 4.02. The molecule has 11 heavy (non-hydrogen) atoms. The van der Waals surface area contributed by atoms with Crippen molar-refractivity contribution in [3.63, 3.8) is 0 Å². The van der Waals surface area contributed by atoms with E-state index < -0.39 is 0 Å². The Morgan fingerprint density at radius 1 is 1.45 bits per heavy atom. The van der Waals surface area contributed by atoms with Crippen LogP contribution in [0.15, 0.2) is 34.4 Å². The van der Waals surface area contributed by atoms with Crippen LogP contribution in [0.4, 0.5) is 0 Å². The molecule has 1 aliphatic heterocycles. The molecule has 0 amide bonds. The lowest BCUT2D eigenvalue weighted by atomic mass is 10.3. The maximum Gasteiger partial charge on any atom is 0.105 e. The number of hydrogen-bond acceptors (Lipinski definition) is 2. The molecule has 0 atom stereocenters. The molecule has 0 N–H and O–H groups in total. The zero-order valence-corrected chi connectivity index (χ0v) is 6.93. The van der Waals surface area contributed by atoms with E-state index in [4.69, 9.17) is 0 Å². The van der Waals surface area contributed by atoms with E-state index >= 15 is 0 Å². The minimum Gasteiger partial charge on any atom is -0.155 e. The Kier molecular flexibility index (Phi) is 1.51. The van der Waals surface area contributed by atoms with Gasteiger partial charge < -0.3 is 0 Å². The van der Waals surface area contributed by atoms with Crippen LogP contribution in [0, 0.1) is 0 Å². The van der Waals surface area contributed by atoms with Crippen LogP contribution in [-0.4, -0.2) is 5.71 Å². The van der Waals surface area contributed by atoms with Crippen LogP contribution < -0.4 is 5.43 Å². The molecule has 3 heteroatoms. The van der Waals surface area contributed by atoms with Crippen LogP contribution in [0.25, 0.3) is 0 Å². The van der Waals surface area contributed by atoms with Gasteiger partial charge in [-0.15, -0.1) is 16.4 Å². The first-order valence-corrected chi connectivity index (χ1v) is 4.25. The van der Waals surface area contributed by atoms with Crippen molar-refractivity contribution >= 4 is 17.0 Å². The SMILES string of the molecule is CC1=CC(c2cccs2)=N[N]1. The van der Waals surface area contributed by atoms with Gasteiger partial charge in [0.2, 0.25) is 0 Å². The van der Waals surface area contributed by atoms with Gasteiger partial charge in [0.25, 0.3) is 0 Å². The van der Waals surface area contributed by atoms with E-state index in [0.717, 1.165) is 11.4 Å². The third-order valence-electron chi connectivity index (χ3n) is 1.43. The molecule has 0 saturated carbocycles. The average Bonchev–Trinajstić information content (AvgIpc) is 2.55. The van der Waals surface area contributed by atoms with Gasteiger partial charge >= 0.3 is 0 Å². The number of allylic oxidation sites excluding steroid dienone is 2. The van der Waals surface area contributed by atoms with Crippen molar-refractivity contribution in [3.8, 4) is 0 Å². The second-order valence-electron chi connectivity index (χ2n) is 2.35. The third-order valence-corrected chi connectivity index (χ3v) is 2.33. The lowest BCUT2D eigenvalue weighted by Gasteiger charge is -1.86. The Bertz CT molecular complexity index is 309. The van der Waals surface area contributed by atoms with E-state index in [9.17, 15) is 0 Å². The quantitative estimate of drug-likeness (QED) is 0.605. The highest BCUT2D eigenvalue weighted by Crippen LogP contribution is 2.14. The molecule has 0 spiro atoms. The Morgan fingerprint density at radius 3 is 2.91 bits per heavy atom. The molecule has 1 aromatic heterocycles. The molecule has 1 radical (unpaired) electrons. The fourth-order valence-corrected chi connectivity index (χ4v) is 1.61. The Labute approximate surface area is 69.3 Å². The van der Waals surface area contributed by atoms with Gasteiger partial charge in [-0.2, -0.15) is 5.43 Å². The van der Waals surface area contributed by atoms with Crippen molar-refractivity contribution in [2.24, 2.45) is 5.10 Å². The minimum atomic E-state index is 0.980. The van der Waals surface area contributed by atoms with Crippen molar-refractivity contribution in [1.29, 1.82) is 0 Å². The molecule has 0 unspecified atom stereocenters. The highest BCUT2D eigenvalue weighted by molar-refractivity contribution is 7.12. The van der Waals surface area contributed by atoms with Crippen LogP contribution in [0.1, 0.15) is 11.8 Å². The van der Waals surface area contributed by atoms with Crippen molar-refractivity contribution in [3.05, 3.63) is 34.2 Å². The van der Waals surface area contributed by atoms with Crippen LogP contribution in [0.2, 0.25) is 0 Å². The maximum absolute atomic E-state index is 4.02. The van der Waals surface area contributed by atoms with Crippen LogP contribution >= 0.6 is 11.3 Å². The molecule has 0 saturated heterocycles. The summed E-state index contributed by atoms with van der Waals surface area (Å²) >= 11 is 1.69. The summed E-state index contributed by atoms with van der Waals surface area (Å²) < 4.78 is 0. The summed E-state index contributed by atoms with van der Waals surface area (Å²) in [6.07, 6.45) is 1.99. The van der Waals surface area contributed by atoms with Crippen molar-refractivity contribution in [2.45, 2.75) is 6.92 Å². The van der Waals surface area contributed by atoms with Crippen LogP contribution in [0.3, 0.4) is 0 Å². The molecular weight excluding hydrogens is 156 g/mol. The van der Waals surface area contributed by atoms with Gasteiger partial charge in [-0.1, -0.05) is 6.07 Å². The van der Waals surface area contributed by atoms with E-state index in [-0.39, 0.29) is 0 Å². The Morgan fingerprint density at radius 2 is 2.36 bits per heavy atom. The molecule has 2 heterocycles. The highest BCUT2D eigenvalue weighted by Gasteiger charge is 2.08. The highest BCUT2D eigenvalue weighted by atomic mass is 32.1. The van der Waals surface area contributed by atoms with E-state index in [1.807, 2.05) is 30.5 Å². The fourth-order valence-electron chi connectivity index (χ4n) is 0.933. The van der Waals surface area contributed by atoms with Crippen molar-refractivity contribution < 1.29 is 0 Å². The predicted octanol–water partition coefficient (Wildman–Crippen LogP) is 1.97. The number of hydrogen-bond donors (Lipinski definition) is 0. The second-order valence-corrected chi connectivity index (χ2v) is 3.30. The third kappa shape index (κ3) is 1.19. The second kappa shape index (κ2) is 2.51. The minimum absolute atomic E-state index is 0.980. The summed E-state index contributed by atoms with van der Waals surface area (Å²) in [5.41, 5.74) is 5.89. The van der Waals surface area contributed by atoms with Gasteiger partial charge in [-0.3, -0.25) is 0 Å². The van der Waals surface area contributed by atoms with Gasteiger partial charge in [0.15, 0.2) is 0 Å². The smallest absolute Gasteiger partial charge is 0.105 e. The van der Waals surface area contributed by atoms with Gasteiger partial charge in [-0.25, -0.2) is 0 Å². The summed E-state index contributed by atoms with van der Waals surface area (Å²) in [6, 6.07) is 4.07. The zero-order chi connectivity index (χ0) is 7.68. The largest absolute Gasteiger partial charge is 0.155 e. The summed E-state index contributed by atoms with van der Waals surface area (Å²) in [4.78, 5) is 1.19. The molecule has 0 fully saturated rings. The predicted molar refractivity (Wildman–Crippen MR) is 46.7 cm³/mol. The van der Waals surface area contributed by atoms with Crippen LogP contribution in [-0.2, 0) is 0 Å². The first-order chi connectivity index (χ1) is 5.36. The molecular formula is C8H7N2S. The van der Waals surface area contributed by atoms with Gasteiger partial charge in [0.1, 0.15) is 5.71 Å². The van der Waals surface area contributed by atoms with Gasteiger partial charge in [0, 0.05) is 0 Å². The monoisotopic (exact) mass is 163 g/mol. The first-order valence-electron chi connectivity index (χ1n) is 3.37. The number of thiophene rings is 1. The van der Waals surface area contributed by atoms with E-state index in [2.05, 4.69) is 10.5 Å². The Balaban J connectivity index is 2.32. The zero-order valence-electron chi connectivity index (χ0n) is 6.11. The number of nitrogens with zero attached hydrogens (tertiary/aromatic N) is 2. The molecule has 0 aromatic carbocycles. The van der Waals surface area contributed by atoms with E-state index in [1.54, 1.807) is 11.3 Å². The molecule has 2 rings (SSSR count). The molecule has 0 aliphatic carbocycles. The van der Waals surface area contributed by atoms with Crippen molar-refractivity contribution in [1.82, 2.24) is 5.43 Å². The molecule has 55 valence electrons.